The Bertz CT molecular complexity index is 913. The maximum absolute atomic E-state index is 12.8. The zero-order valence-corrected chi connectivity index (χ0v) is 16.0. The fraction of sp³-hybridized carbons (Fsp3) is 0.474. The van der Waals surface area contributed by atoms with E-state index in [0.29, 0.717) is 38.5 Å². The van der Waals surface area contributed by atoms with Crippen molar-refractivity contribution in [1.29, 1.82) is 0 Å². The van der Waals surface area contributed by atoms with E-state index in [2.05, 4.69) is 4.98 Å². The number of hydrogen-bond donors (Lipinski definition) is 0. The molecule has 2 aromatic rings. The van der Waals surface area contributed by atoms with Crippen LogP contribution in [0.4, 0.5) is 5.82 Å². The standard InChI is InChI=1S/C19H25N5O3/c1-14(25)22-10-12-23(13-11-22)17(26)8-9-24-16-7-5-4-6-15(16)20-18(19(24)27)21(2)3/h4-7H,8-13H2,1-3H3. The van der Waals surface area contributed by atoms with Crippen LogP contribution in [0.1, 0.15) is 13.3 Å². The second-order valence-electron chi connectivity index (χ2n) is 6.91. The average molecular weight is 371 g/mol. The molecule has 8 nitrogen and oxygen atoms in total. The predicted octanol–water partition coefficient (Wildman–Crippen LogP) is 0.543. The Morgan fingerprint density at radius 1 is 1.07 bits per heavy atom. The van der Waals surface area contributed by atoms with Crippen LogP contribution in [0.25, 0.3) is 11.0 Å². The molecule has 1 aliphatic heterocycles. The predicted molar refractivity (Wildman–Crippen MR) is 104 cm³/mol. The molecule has 2 amide bonds. The van der Waals surface area contributed by atoms with Crippen LogP contribution < -0.4 is 10.5 Å². The van der Waals surface area contributed by atoms with Crippen LogP contribution >= 0.6 is 0 Å². The zero-order valence-electron chi connectivity index (χ0n) is 16.0. The summed E-state index contributed by atoms with van der Waals surface area (Å²) in [5.74, 6) is 0.391. The monoisotopic (exact) mass is 371 g/mol. The lowest BCUT2D eigenvalue weighted by atomic mass is 10.2. The molecule has 1 aliphatic rings. The largest absolute Gasteiger partial charge is 0.358 e. The third kappa shape index (κ3) is 3.94. The summed E-state index contributed by atoms with van der Waals surface area (Å²) >= 11 is 0. The first-order valence-electron chi connectivity index (χ1n) is 9.08. The van der Waals surface area contributed by atoms with Gasteiger partial charge in [-0.25, -0.2) is 4.98 Å². The lowest BCUT2D eigenvalue weighted by Crippen LogP contribution is -2.50. The van der Waals surface area contributed by atoms with Crippen molar-refractivity contribution in [2.75, 3.05) is 45.2 Å². The van der Waals surface area contributed by atoms with Gasteiger partial charge >= 0.3 is 0 Å². The van der Waals surface area contributed by atoms with Gasteiger partial charge in [-0.2, -0.15) is 0 Å². The van der Waals surface area contributed by atoms with Crippen molar-refractivity contribution < 1.29 is 9.59 Å². The van der Waals surface area contributed by atoms with Gasteiger partial charge in [0.05, 0.1) is 11.0 Å². The number of benzene rings is 1. The first-order chi connectivity index (χ1) is 12.9. The Morgan fingerprint density at radius 3 is 2.33 bits per heavy atom. The van der Waals surface area contributed by atoms with Crippen molar-refractivity contribution in [3.8, 4) is 0 Å². The van der Waals surface area contributed by atoms with Crippen LogP contribution in [0, 0.1) is 0 Å². The summed E-state index contributed by atoms with van der Waals surface area (Å²) < 4.78 is 1.63. The third-order valence-electron chi connectivity index (χ3n) is 4.89. The van der Waals surface area contributed by atoms with Crippen LogP contribution in [0.3, 0.4) is 0 Å². The van der Waals surface area contributed by atoms with Gasteiger partial charge in [0.15, 0.2) is 5.82 Å². The van der Waals surface area contributed by atoms with E-state index in [-0.39, 0.29) is 23.8 Å². The molecule has 8 heteroatoms. The summed E-state index contributed by atoms with van der Waals surface area (Å²) in [5, 5.41) is 0. The summed E-state index contributed by atoms with van der Waals surface area (Å²) in [4.78, 5) is 46.5. The maximum atomic E-state index is 12.8. The van der Waals surface area contributed by atoms with E-state index in [0.717, 1.165) is 11.0 Å². The van der Waals surface area contributed by atoms with Crippen LogP contribution in [0.5, 0.6) is 0 Å². The molecule has 0 unspecified atom stereocenters. The van der Waals surface area contributed by atoms with Gasteiger partial charge in [-0.3, -0.25) is 14.4 Å². The number of fused-ring (bicyclic) bond motifs is 1. The van der Waals surface area contributed by atoms with E-state index in [1.54, 1.807) is 40.3 Å². The number of carbonyl (C=O) groups excluding carboxylic acids is 2. The molecule has 0 N–H and O–H groups in total. The van der Waals surface area contributed by atoms with Gasteiger partial charge < -0.3 is 19.3 Å². The topological polar surface area (TPSA) is 78.8 Å². The summed E-state index contributed by atoms with van der Waals surface area (Å²) in [6.45, 7) is 4.03. The highest BCUT2D eigenvalue weighted by Gasteiger charge is 2.22. The van der Waals surface area contributed by atoms with E-state index in [1.165, 1.54) is 0 Å². The van der Waals surface area contributed by atoms with E-state index in [9.17, 15) is 14.4 Å². The van der Waals surface area contributed by atoms with Crippen molar-refractivity contribution in [3.05, 3.63) is 34.6 Å². The van der Waals surface area contributed by atoms with Gasteiger partial charge in [-0.05, 0) is 12.1 Å². The van der Waals surface area contributed by atoms with Crippen LogP contribution in [-0.2, 0) is 16.1 Å². The van der Waals surface area contributed by atoms with Gasteiger partial charge in [0.25, 0.3) is 5.56 Å². The van der Waals surface area contributed by atoms with Gasteiger partial charge in [0, 0.05) is 60.2 Å². The third-order valence-corrected chi connectivity index (χ3v) is 4.89. The molecule has 1 aromatic heterocycles. The molecular formula is C19H25N5O3. The van der Waals surface area contributed by atoms with Crippen LogP contribution in [0.15, 0.2) is 29.1 Å². The molecule has 0 radical (unpaired) electrons. The molecule has 2 heterocycles. The fourth-order valence-corrected chi connectivity index (χ4v) is 3.33. The van der Waals surface area contributed by atoms with Crippen molar-refractivity contribution in [3.63, 3.8) is 0 Å². The molecule has 0 bridgehead atoms. The van der Waals surface area contributed by atoms with Crippen molar-refractivity contribution in [2.24, 2.45) is 0 Å². The Balaban J connectivity index is 1.77. The quantitative estimate of drug-likeness (QED) is 0.784. The summed E-state index contributed by atoms with van der Waals surface area (Å²) in [5.41, 5.74) is 1.25. The summed E-state index contributed by atoms with van der Waals surface area (Å²) in [6.07, 6.45) is 0.237. The SMILES string of the molecule is CC(=O)N1CCN(C(=O)CCn2c(=O)c(N(C)C)nc3ccccc32)CC1. The first-order valence-corrected chi connectivity index (χ1v) is 9.08. The minimum Gasteiger partial charge on any atom is -0.358 e. The normalized spacial score (nSPS) is 14.5. The average Bonchev–Trinajstić information content (AvgIpc) is 2.66. The molecule has 1 fully saturated rings. The Morgan fingerprint density at radius 2 is 1.70 bits per heavy atom. The maximum Gasteiger partial charge on any atom is 0.293 e. The second-order valence-corrected chi connectivity index (χ2v) is 6.91. The van der Waals surface area contributed by atoms with Crippen molar-refractivity contribution in [1.82, 2.24) is 19.4 Å². The zero-order chi connectivity index (χ0) is 19.6. The van der Waals surface area contributed by atoms with Gasteiger partial charge in [0.1, 0.15) is 0 Å². The van der Waals surface area contributed by atoms with E-state index >= 15 is 0 Å². The molecule has 1 aromatic carbocycles. The van der Waals surface area contributed by atoms with Gasteiger partial charge in [0.2, 0.25) is 11.8 Å². The van der Waals surface area contributed by atoms with Crippen LogP contribution in [0.2, 0.25) is 0 Å². The molecule has 3 rings (SSSR count). The number of rotatable bonds is 4. The second kappa shape index (κ2) is 7.77. The number of aryl methyl sites for hydroxylation is 1. The van der Waals surface area contributed by atoms with Gasteiger partial charge in [-0.15, -0.1) is 0 Å². The minimum atomic E-state index is -0.201. The van der Waals surface area contributed by atoms with Crippen molar-refractivity contribution >= 4 is 28.7 Å². The van der Waals surface area contributed by atoms with Gasteiger partial charge in [-0.1, -0.05) is 12.1 Å². The summed E-state index contributed by atoms with van der Waals surface area (Å²) in [6, 6.07) is 7.45. The fourth-order valence-electron chi connectivity index (χ4n) is 3.33. The number of para-hydroxylation sites is 2. The number of carbonyl (C=O) groups is 2. The number of hydrogen-bond acceptors (Lipinski definition) is 5. The number of piperazine rings is 1. The molecule has 0 saturated carbocycles. The van der Waals surface area contributed by atoms with E-state index in [1.807, 2.05) is 24.3 Å². The number of anilines is 1. The lowest BCUT2D eigenvalue weighted by molar-refractivity contribution is -0.138. The molecule has 0 aliphatic carbocycles. The smallest absolute Gasteiger partial charge is 0.293 e. The Hall–Kier alpha value is -2.90. The number of nitrogens with zero attached hydrogens (tertiary/aromatic N) is 5. The Labute approximate surface area is 158 Å². The van der Waals surface area contributed by atoms with Crippen molar-refractivity contribution in [2.45, 2.75) is 19.9 Å². The Kier molecular flexibility index (Phi) is 5.43. The first kappa shape index (κ1) is 18.9. The number of aromatic nitrogens is 2. The number of amides is 2. The molecule has 27 heavy (non-hydrogen) atoms. The summed E-state index contributed by atoms with van der Waals surface area (Å²) in [7, 11) is 3.56. The highest BCUT2D eigenvalue weighted by atomic mass is 16.2. The molecule has 1 saturated heterocycles. The molecule has 144 valence electrons. The molecule has 0 spiro atoms. The van der Waals surface area contributed by atoms with Crippen LogP contribution in [-0.4, -0.2) is 71.4 Å². The minimum absolute atomic E-state index is 0.00241. The molecular weight excluding hydrogens is 346 g/mol. The van der Waals surface area contributed by atoms with E-state index < -0.39 is 0 Å². The van der Waals surface area contributed by atoms with E-state index in [4.69, 9.17) is 0 Å². The highest BCUT2D eigenvalue weighted by molar-refractivity contribution is 5.79. The molecule has 0 atom stereocenters. The lowest BCUT2D eigenvalue weighted by Gasteiger charge is -2.34. The highest BCUT2D eigenvalue weighted by Crippen LogP contribution is 2.14.